The number of carbonyl (C=O) groups excluding carboxylic acids is 1. The van der Waals surface area contributed by atoms with E-state index < -0.39 is 5.91 Å². The zero-order valence-electron chi connectivity index (χ0n) is 20.4. The van der Waals surface area contributed by atoms with Gasteiger partial charge in [0.1, 0.15) is 5.50 Å². The van der Waals surface area contributed by atoms with Gasteiger partial charge in [-0.05, 0) is 44.0 Å². The number of ether oxygens (including phenoxy) is 1. The molecule has 0 spiro atoms. The first-order chi connectivity index (χ1) is 17.8. The Morgan fingerprint density at radius 2 is 2.16 bits per heavy atom. The highest BCUT2D eigenvalue weighted by Crippen LogP contribution is 2.41. The second-order valence-corrected chi connectivity index (χ2v) is 10.5. The molecule has 7 atom stereocenters. The number of anilines is 1. The van der Waals surface area contributed by atoms with Gasteiger partial charge in [0.25, 0.3) is 5.91 Å². The van der Waals surface area contributed by atoms with E-state index in [4.69, 9.17) is 33.7 Å². The molecule has 5 rings (SSSR count). The average molecular weight is 549 g/mol. The van der Waals surface area contributed by atoms with Crippen LogP contribution in [0.25, 0.3) is 16.9 Å². The molecule has 13 heteroatoms. The number of nitrogens with zero attached hydrogens (tertiary/aromatic N) is 4. The molecule has 1 aliphatic carbocycles. The Bertz CT molecular complexity index is 1290. The lowest BCUT2D eigenvalue weighted by Crippen LogP contribution is -2.58. The first-order valence-electron chi connectivity index (χ1n) is 12.2. The number of aromatic nitrogens is 4. The summed E-state index contributed by atoms with van der Waals surface area (Å²) in [7, 11) is 0. The fraction of sp³-hybridized carbons (Fsp3) is 0.500. The Balaban J connectivity index is 1.41. The number of hydrogen-bond acceptors (Lipinski definition) is 9. The second kappa shape index (κ2) is 10.7. The average Bonchev–Trinajstić information content (AvgIpc) is 3.44. The van der Waals surface area contributed by atoms with Crippen molar-refractivity contribution in [1.82, 2.24) is 35.8 Å². The molecule has 1 amide bonds. The van der Waals surface area contributed by atoms with Gasteiger partial charge in [-0.2, -0.15) is 5.10 Å². The third-order valence-electron chi connectivity index (χ3n) is 7.18. The van der Waals surface area contributed by atoms with Crippen LogP contribution in [0.1, 0.15) is 36.3 Å². The van der Waals surface area contributed by atoms with Crippen LogP contribution in [0, 0.1) is 11.8 Å². The van der Waals surface area contributed by atoms with E-state index in [-0.39, 0.29) is 59.0 Å². The van der Waals surface area contributed by atoms with Crippen LogP contribution in [0.15, 0.2) is 30.6 Å². The monoisotopic (exact) mass is 548 g/mol. The van der Waals surface area contributed by atoms with Crippen LogP contribution in [0.2, 0.25) is 0 Å². The zero-order chi connectivity index (χ0) is 26.3. The highest BCUT2D eigenvalue weighted by Gasteiger charge is 2.52. The molecule has 1 saturated heterocycles. The minimum atomic E-state index is -0.402. The maximum atomic E-state index is 13.5. The van der Waals surface area contributed by atoms with Gasteiger partial charge in [0, 0.05) is 47.8 Å². The van der Waals surface area contributed by atoms with Gasteiger partial charge in [0.2, 0.25) is 0 Å². The summed E-state index contributed by atoms with van der Waals surface area (Å²) in [6.45, 7) is 4.25. The summed E-state index contributed by atoms with van der Waals surface area (Å²) in [5.41, 5.74) is 14.7. The number of aliphatic hydroxyl groups excluding tert-OH is 1. The largest absolute Gasteiger partial charge is 0.392 e. The third-order valence-corrected chi connectivity index (χ3v) is 8.05. The third kappa shape index (κ3) is 4.87. The van der Waals surface area contributed by atoms with Gasteiger partial charge in [0.05, 0.1) is 24.4 Å². The number of nitrogens with two attached hydrogens (primary N) is 1. The fourth-order valence-electron chi connectivity index (χ4n) is 5.40. The van der Waals surface area contributed by atoms with Crippen molar-refractivity contribution in [2.75, 3.05) is 12.3 Å². The van der Waals surface area contributed by atoms with E-state index in [2.05, 4.69) is 31.2 Å². The highest BCUT2D eigenvalue weighted by molar-refractivity contribution is 6.24. The van der Waals surface area contributed by atoms with E-state index in [1.807, 2.05) is 13.8 Å². The Kier molecular flexibility index (Phi) is 7.53. The van der Waals surface area contributed by atoms with Crippen LogP contribution in [0.5, 0.6) is 0 Å². The molecule has 2 aliphatic rings. The lowest BCUT2D eigenvalue weighted by molar-refractivity contribution is -0.0429. The number of fused-ring (bicyclic) bond motifs is 2. The number of amides is 1. The predicted molar refractivity (Wildman–Crippen MR) is 140 cm³/mol. The minimum Gasteiger partial charge on any atom is -0.392 e. The molecule has 1 saturated carbocycles. The second-order valence-electron chi connectivity index (χ2n) is 9.47. The van der Waals surface area contributed by atoms with Crippen LogP contribution >= 0.6 is 23.2 Å². The molecule has 3 aromatic heterocycles. The van der Waals surface area contributed by atoms with Crippen molar-refractivity contribution in [1.29, 1.82) is 0 Å². The molecule has 7 unspecified atom stereocenters. The van der Waals surface area contributed by atoms with Crippen LogP contribution in [-0.4, -0.2) is 66.3 Å². The van der Waals surface area contributed by atoms with Crippen LogP contribution in [0.3, 0.4) is 0 Å². The van der Waals surface area contributed by atoms with E-state index in [0.717, 1.165) is 0 Å². The summed E-state index contributed by atoms with van der Waals surface area (Å²) >= 11 is 13.2. The van der Waals surface area contributed by atoms with E-state index in [1.165, 1.54) is 4.52 Å². The van der Waals surface area contributed by atoms with Gasteiger partial charge in [-0.15, -0.1) is 23.2 Å². The standard InChI is InChI=1S/C24H30Cl2N8O3/c1-3-37-21-14(7-15(25)18-19(21)31-32-22(18)26)11(2)29-24(36)20-23(27)30-17-5-4-16(33-34(17)20)13-6-12(10-35)8-28-9-13/h4-6,8-9,11,14-15,18-19,21-22,31-32,35H,3,7,10,27H2,1-2H3,(H,29,36). The van der Waals surface area contributed by atoms with Crippen molar-refractivity contribution in [2.45, 2.75) is 55.9 Å². The molecule has 0 aromatic carbocycles. The van der Waals surface area contributed by atoms with Gasteiger partial charge >= 0.3 is 0 Å². The number of halogens is 2. The first kappa shape index (κ1) is 26.1. The van der Waals surface area contributed by atoms with Crippen molar-refractivity contribution >= 4 is 40.6 Å². The van der Waals surface area contributed by atoms with Gasteiger partial charge in [-0.1, -0.05) is 0 Å². The van der Waals surface area contributed by atoms with E-state index in [9.17, 15) is 9.90 Å². The maximum Gasteiger partial charge on any atom is 0.274 e. The van der Waals surface area contributed by atoms with Crippen molar-refractivity contribution in [2.24, 2.45) is 11.8 Å². The number of alkyl halides is 2. The van der Waals surface area contributed by atoms with Crippen molar-refractivity contribution in [3.63, 3.8) is 0 Å². The number of nitrogens with one attached hydrogen (secondary N) is 3. The van der Waals surface area contributed by atoms with Crippen molar-refractivity contribution in [3.05, 3.63) is 41.9 Å². The number of carbonyl (C=O) groups is 1. The number of aliphatic hydroxyl groups is 1. The molecule has 4 heterocycles. The molecule has 37 heavy (non-hydrogen) atoms. The Labute approximate surface area is 224 Å². The SMILES string of the molecule is CCOC1C(C(C)NC(=O)c2c(N)nc3ccc(-c4cncc(CO)c4)nn23)CC(Cl)C2C(Cl)NNC12. The van der Waals surface area contributed by atoms with E-state index >= 15 is 0 Å². The van der Waals surface area contributed by atoms with Gasteiger partial charge in [-0.25, -0.2) is 14.9 Å². The quantitative estimate of drug-likeness (QED) is 0.219. The minimum absolute atomic E-state index is 0.00472. The predicted octanol–water partition coefficient (Wildman–Crippen LogP) is 1.67. The van der Waals surface area contributed by atoms with Gasteiger partial charge in [-0.3, -0.25) is 15.2 Å². The summed E-state index contributed by atoms with van der Waals surface area (Å²) < 4.78 is 7.56. The summed E-state index contributed by atoms with van der Waals surface area (Å²) in [6, 6.07) is 4.91. The fourth-order valence-corrected chi connectivity index (χ4v) is 6.38. The van der Waals surface area contributed by atoms with Crippen molar-refractivity contribution in [3.8, 4) is 11.3 Å². The maximum absolute atomic E-state index is 13.5. The molecule has 2 fully saturated rings. The Morgan fingerprint density at radius 1 is 1.35 bits per heavy atom. The van der Waals surface area contributed by atoms with Crippen LogP contribution < -0.4 is 21.9 Å². The molecule has 0 bridgehead atoms. The number of hydrazine groups is 1. The summed E-state index contributed by atoms with van der Waals surface area (Å²) in [5.74, 6) is -0.404. The zero-order valence-corrected chi connectivity index (χ0v) is 21.9. The number of pyridine rings is 1. The molecule has 6 N–H and O–H groups in total. The topological polar surface area (TPSA) is 152 Å². The molecular formula is C24H30Cl2N8O3. The smallest absolute Gasteiger partial charge is 0.274 e. The summed E-state index contributed by atoms with van der Waals surface area (Å²) in [4.78, 5) is 22.0. The van der Waals surface area contributed by atoms with Crippen LogP contribution in [0.4, 0.5) is 5.82 Å². The normalized spacial score (nSPS) is 28.2. The number of hydrogen-bond donors (Lipinski definition) is 5. The Hall–Kier alpha value is -2.54. The van der Waals surface area contributed by atoms with Crippen LogP contribution in [-0.2, 0) is 11.3 Å². The number of rotatable bonds is 7. The van der Waals surface area contributed by atoms with Gasteiger partial charge < -0.3 is 20.9 Å². The molecule has 1 aliphatic heterocycles. The van der Waals surface area contributed by atoms with Gasteiger partial charge in [0.15, 0.2) is 17.2 Å². The van der Waals surface area contributed by atoms with Crippen molar-refractivity contribution < 1.29 is 14.6 Å². The number of imidazole rings is 1. The summed E-state index contributed by atoms with van der Waals surface area (Å²) in [6.07, 6.45) is 3.64. The lowest BCUT2D eigenvalue weighted by atomic mass is 9.73. The lowest BCUT2D eigenvalue weighted by Gasteiger charge is -2.44. The number of nitrogen functional groups attached to an aromatic ring is 1. The molecule has 0 radical (unpaired) electrons. The molecular weight excluding hydrogens is 519 g/mol. The molecule has 3 aromatic rings. The molecule has 11 nitrogen and oxygen atoms in total. The Morgan fingerprint density at radius 3 is 2.92 bits per heavy atom. The van der Waals surface area contributed by atoms with E-state index in [1.54, 1.807) is 30.6 Å². The highest BCUT2D eigenvalue weighted by atomic mass is 35.5. The summed E-state index contributed by atoms with van der Waals surface area (Å²) in [5, 5.41) is 16.9. The molecule has 198 valence electrons. The van der Waals surface area contributed by atoms with E-state index in [0.29, 0.717) is 35.5 Å². The first-order valence-corrected chi connectivity index (χ1v) is 13.1.